The van der Waals surface area contributed by atoms with Gasteiger partial charge in [0.15, 0.2) is 0 Å². The van der Waals surface area contributed by atoms with Crippen molar-refractivity contribution in [3.63, 3.8) is 0 Å². The molecule has 2 rings (SSSR count). The van der Waals surface area contributed by atoms with Gasteiger partial charge < -0.3 is 0 Å². The van der Waals surface area contributed by atoms with Crippen molar-refractivity contribution in [3.05, 3.63) is 18.5 Å². The third kappa shape index (κ3) is 3.32. The van der Waals surface area contributed by atoms with Crippen LogP contribution in [0.2, 0.25) is 0 Å². The largest absolute Gasteiger partial charge is 0.298 e. The first kappa shape index (κ1) is 12.1. The second kappa shape index (κ2) is 6.40. The molecule has 16 heavy (non-hydrogen) atoms. The Balaban J connectivity index is 1.82. The van der Waals surface area contributed by atoms with Crippen LogP contribution in [-0.2, 0) is 6.54 Å². The van der Waals surface area contributed by atoms with E-state index in [0.29, 0.717) is 0 Å². The second-order valence-electron chi connectivity index (χ2n) is 4.43. The first-order valence-corrected chi connectivity index (χ1v) is 7.30. The Morgan fingerprint density at radius 3 is 2.75 bits per heavy atom. The number of hydrogen-bond donors (Lipinski definition) is 0. The number of alkyl halides is 1. The molecular weight excluding hydrogens is 266 g/mol. The highest BCUT2D eigenvalue weighted by Gasteiger charge is 2.21. The van der Waals surface area contributed by atoms with Crippen LogP contribution >= 0.6 is 15.9 Å². The third-order valence-corrected chi connectivity index (χ3v) is 3.74. The molecule has 0 unspecified atom stereocenters. The molecule has 1 aliphatic rings. The fraction of sp³-hybridized carbons (Fsp3) is 0.750. The van der Waals surface area contributed by atoms with E-state index in [9.17, 15) is 0 Å². The maximum absolute atomic E-state index is 4.25. The van der Waals surface area contributed by atoms with Crippen molar-refractivity contribution in [2.45, 2.75) is 38.3 Å². The molecule has 1 aliphatic carbocycles. The molecule has 0 aliphatic heterocycles. The summed E-state index contributed by atoms with van der Waals surface area (Å²) in [6, 6.07) is 2.80. The summed E-state index contributed by atoms with van der Waals surface area (Å²) in [4.78, 5) is 2.61. The van der Waals surface area contributed by atoms with Gasteiger partial charge in [-0.2, -0.15) is 5.10 Å². The van der Waals surface area contributed by atoms with Gasteiger partial charge in [0, 0.05) is 36.9 Å². The Morgan fingerprint density at radius 2 is 2.12 bits per heavy atom. The van der Waals surface area contributed by atoms with E-state index in [2.05, 4.69) is 25.9 Å². The summed E-state index contributed by atoms with van der Waals surface area (Å²) in [6.45, 7) is 3.29. The van der Waals surface area contributed by atoms with Crippen LogP contribution in [0.5, 0.6) is 0 Å². The van der Waals surface area contributed by atoms with Gasteiger partial charge in [-0.25, -0.2) is 0 Å². The van der Waals surface area contributed by atoms with Crippen LogP contribution in [0.1, 0.15) is 25.7 Å². The molecule has 0 atom stereocenters. The van der Waals surface area contributed by atoms with Crippen molar-refractivity contribution in [1.29, 1.82) is 0 Å². The molecule has 1 fully saturated rings. The minimum absolute atomic E-state index is 0.813. The van der Waals surface area contributed by atoms with Gasteiger partial charge in [0.1, 0.15) is 0 Å². The summed E-state index contributed by atoms with van der Waals surface area (Å²) < 4.78 is 2.02. The molecule has 3 nitrogen and oxygen atoms in total. The van der Waals surface area contributed by atoms with Gasteiger partial charge in [-0.3, -0.25) is 9.58 Å². The molecule has 0 bridgehead atoms. The van der Waals surface area contributed by atoms with E-state index in [-0.39, 0.29) is 0 Å². The van der Waals surface area contributed by atoms with Crippen LogP contribution in [0.4, 0.5) is 0 Å². The Bertz CT molecular complexity index is 280. The molecule has 4 heteroatoms. The van der Waals surface area contributed by atoms with E-state index in [1.807, 2.05) is 23.1 Å². The van der Waals surface area contributed by atoms with E-state index in [4.69, 9.17) is 0 Å². The average molecular weight is 286 g/mol. The Labute approximate surface area is 106 Å². The predicted molar refractivity (Wildman–Crippen MR) is 69.9 cm³/mol. The van der Waals surface area contributed by atoms with Gasteiger partial charge in [0.05, 0.1) is 6.54 Å². The second-order valence-corrected chi connectivity index (χ2v) is 5.23. The third-order valence-electron chi connectivity index (χ3n) is 3.39. The fourth-order valence-corrected chi connectivity index (χ4v) is 2.97. The van der Waals surface area contributed by atoms with E-state index in [1.54, 1.807) is 0 Å². The molecule has 1 saturated carbocycles. The highest BCUT2D eigenvalue weighted by atomic mass is 79.9. The highest BCUT2D eigenvalue weighted by molar-refractivity contribution is 9.09. The number of hydrogen-bond acceptors (Lipinski definition) is 2. The summed E-state index contributed by atoms with van der Waals surface area (Å²) >= 11 is 3.55. The Hall–Kier alpha value is -0.350. The van der Waals surface area contributed by atoms with E-state index in [1.165, 1.54) is 25.7 Å². The molecule has 0 spiro atoms. The SMILES string of the molecule is BrCCN(CCn1cccn1)C1CCCC1. The maximum atomic E-state index is 4.25. The molecule has 0 saturated heterocycles. The summed E-state index contributed by atoms with van der Waals surface area (Å²) in [5.41, 5.74) is 0. The van der Waals surface area contributed by atoms with Crippen LogP contribution in [0.3, 0.4) is 0 Å². The number of rotatable bonds is 6. The standard InChI is InChI=1S/C12H20BrN3/c13-6-9-15(12-4-1-2-5-12)10-11-16-8-3-7-14-16/h3,7-8,12H,1-2,4-6,9-11H2. The van der Waals surface area contributed by atoms with Gasteiger partial charge >= 0.3 is 0 Å². The van der Waals surface area contributed by atoms with Gasteiger partial charge in [-0.05, 0) is 18.9 Å². The predicted octanol–water partition coefficient (Wildman–Crippen LogP) is 2.52. The van der Waals surface area contributed by atoms with E-state index < -0.39 is 0 Å². The normalized spacial score (nSPS) is 17.4. The van der Waals surface area contributed by atoms with Gasteiger partial charge in [0.25, 0.3) is 0 Å². The topological polar surface area (TPSA) is 21.1 Å². The molecule has 1 aromatic heterocycles. The van der Waals surface area contributed by atoms with Crippen molar-refractivity contribution >= 4 is 15.9 Å². The molecular formula is C12H20BrN3. The van der Waals surface area contributed by atoms with E-state index in [0.717, 1.165) is 31.0 Å². The van der Waals surface area contributed by atoms with Gasteiger partial charge in [-0.1, -0.05) is 28.8 Å². The number of nitrogens with zero attached hydrogens (tertiary/aromatic N) is 3. The summed E-state index contributed by atoms with van der Waals surface area (Å²) in [5, 5.41) is 5.33. The zero-order valence-corrected chi connectivity index (χ0v) is 11.3. The fourth-order valence-electron chi connectivity index (χ4n) is 2.52. The minimum atomic E-state index is 0.813. The molecule has 1 heterocycles. The lowest BCUT2D eigenvalue weighted by atomic mass is 10.2. The van der Waals surface area contributed by atoms with Crippen molar-refractivity contribution in [2.24, 2.45) is 0 Å². The maximum Gasteiger partial charge on any atom is 0.0536 e. The number of aromatic nitrogens is 2. The van der Waals surface area contributed by atoms with Crippen molar-refractivity contribution < 1.29 is 0 Å². The van der Waals surface area contributed by atoms with Gasteiger partial charge in [0.2, 0.25) is 0 Å². The van der Waals surface area contributed by atoms with Crippen LogP contribution < -0.4 is 0 Å². The highest BCUT2D eigenvalue weighted by Crippen LogP contribution is 2.23. The molecule has 1 aromatic rings. The first-order valence-electron chi connectivity index (χ1n) is 6.17. The van der Waals surface area contributed by atoms with Crippen molar-refractivity contribution in [1.82, 2.24) is 14.7 Å². The Morgan fingerprint density at radius 1 is 1.31 bits per heavy atom. The molecule has 90 valence electrons. The minimum Gasteiger partial charge on any atom is -0.298 e. The van der Waals surface area contributed by atoms with Crippen molar-refractivity contribution in [3.8, 4) is 0 Å². The zero-order valence-electron chi connectivity index (χ0n) is 9.69. The first-order chi connectivity index (χ1) is 7.90. The lowest BCUT2D eigenvalue weighted by Crippen LogP contribution is -2.37. The number of halogens is 1. The van der Waals surface area contributed by atoms with Crippen LogP contribution in [0.15, 0.2) is 18.5 Å². The van der Waals surface area contributed by atoms with Gasteiger partial charge in [-0.15, -0.1) is 0 Å². The summed E-state index contributed by atoms with van der Waals surface area (Å²) in [7, 11) is 0. The lowest BCUT2D eigenvalue weighted by Gasteiger charge is -2.27. The molecule has 0 amide bonds. The average Bonchev–Trinajstić information content (AvgIpc) is 2.96. The molecule has 0 radical (unpaired) electrons. The molecule has 0 N–H and O–H groups in total. The zero-order chi connectivity index (χ0) is 11.2. The van der Waals surface area contributed by atoms with Crippen LogP contribution in [0.25, 0.3) is 0 Å². The molecule has 0 aromatic carbocycles. The van der Waals surface area contributed by atoms with Crippen molar-refractivity contribution in [2.75, 3.05) is 18.4 Å². The summed E-state index contributed by atoms with van der Waals surface area (Å²) in [5.74, 6) is 0. The van der Waals surface area contributed by atoms with Crippen LogP contribution in [-0.4, -0.2) is 39.1 Å². The smallest absolute Gasteiger partial charge is 0.0536 e. The quantitative estimate of drug-likeness (QED) is 0.749. The monoisotopic (exact) mass is 285 g/mol. The van der Waals surface area contributed by atoms with Crippen LogP contribution in [0, 0.1) is 0 Å². The van der Waals surface area contributed by atoms with E-state index >= 15 is 0 Å². The Kier molecular flexibility index (Phi) is 4.85. The summed E-state index contributed by atoms with van der Waals surface area (Å²) in [6.07, 6.45) is 9.47. The lowest BCUT2D eigenvalue weighted by molar-refractivity contribution is 0.200.